The molecule has 1 unspecified atom stereocenters. The molecule has 5 nitrogen and oxygen atoms in total. The second kappa shape index (κ2) is 8.21. The first-order chi connectivity index (χ1) is 8.67. The monoisotopic (exact) mass is 253 g/mol. The predicted molar refractivity (Wildman–Crippen MR) is 74.7 cm³/mol. The normalized spacial score (nSPS) is 13.2. The van der Waals surface area contributed by atoms with Gasteiger partial charge in [0, 0.05) is 25.6 Å². The lowest BCUT2D eigenvalue weighted by molar-refractivity contribution is 0.330. The number of hydrogen-bond donors (Lipinski definition) is 1. The Kier molecular flexibility index (Phi) is 6.90. The summed E-state index contributed by atoms with van der Waals surface area (Å²) in [5, 5.41) is 7.87. The third-order valence-electron chi connectivity index (χ3n) is 2.83. The lowest BCUT2D eigenvalue weighted by Gasteiger charge is -2.22. The molecule has 1 heterocycles. The van der Waals surface area contributed by atoms with Gasteiger partial charge in [-0.2, -0.15) is 5.10 Å². The van der Waals surface area contributed by atoms with Crippen molar-refractivity contribution >= 4 is 0 Å². The van der Waals surface area contributed by atoms with Crippen LogP contribution in [-0.2, 0) is 13.0 Å². The van der Waals surface area contributed by atoms with Crippen molar-refractivity contribution in [2.45, 2.75) is 45.7 Å². The highest BCUT2D eigenvalue weighted by Crippen LogP contribution is 2.02. The van der Waals surface area contributed by atoms with Gasteiger partial charge in [-0.05, 0) is 33.5 Å². The molecule has 1 rings (SSSR count). The lowest BCUT2D eigenvalue weighted by Crippen LogP contribution is -2.40. The Balaban J connectivity index is 2.59. The van der Waals surface area contributed by atoms with E-state index >= 15 is 0 Å². The standard InChI is InChI=1S/C13H27N5/c1-5-7-14-12(10-17(3)4)9-13-15-11-16-18(13)8-6-2/h11-12,14H,5-10H2,1-4H3. The molecule has 1 N–H and O–H groups in total. The molecule has 5 heteroatoms. The summed E-state index contributed by atoms with van der Waals surface area (Å²) < 4.78 is 2.02. The van der Waals surface area contributed by atoms with E-state index in [0.717, 1.165) is 44.7 Å². The zero-order valence-corrected chi connectivity index (χ0v) is 12.2. The number of nitrogens with zero attached hydrogens (tertiary/aromatic N) is 4. The van der Waals surface area contributed by atoms with Gasteiger partial charge in [-0.15, -0.1) is 0 Å². The highest BCUT2D eigenvalue weighted by atomic mass is 15.3. The van der Waals surface area contributed by atoms with Crippen LogP contribution in [-0.4, -0.2) is 52.9 Å². The van der Waals surface area contributed by atoms with E-state index in [1.54, 1.807) is 6.33 Å². The maximum absolute atomic E-state index is 4.38. The van der Waals surface area contributed by atoms with Crippen LogP contribution in [0.5, 0.6) is 0 Å². The van der Waals surface area contributed by atoms with Crippen LogP contribution in [0.25, 0.3) is 0 Å². The van der Waals surface area contributed by atoms with E-state index < -0.39 is 0 Å². The topological polar surface area (TPSA) is 46.0 Å². The van der Waals surface area contributed by atoms with E-state index in [2.05, 4.69) is 48.2 Å². The molecule has 0 radical (unpaired) electrons. The number of hydrogen-bond acceptors (Lipinski definition) is 4. The van der Waals surface area contributed by atoms with Gasteiger partial charge in [0.15, 0.2) is 0 Å². The van der Waals surface area contributed by atoms with Gasteiger partial charge in [-0.25, -0.2) is 4.98 Å². The summed E-state index contributed by atoms with van der Waals surface area (Å²) in [6.45, 7) is 7.40. The van der Waals surface area contributed by atoms with Crippen molar-refractivity contribution in [2.24, 2.45) is 0 Å². The number of nitrogens with one attached hydrogen (secondary N) is 1. The number of aromatic nitrogens is 3. The van der Waals surface area contributed by atoms with Crippen LogP contribution in [0.15, 0.2) is 6.33 Å². The van der Waals surface area contributed by atoms with Crippen molar-refractivity contribution in [1.29, 1.82) is 0 Å². The first kappa shape index (κ1) is 15.1. The molecule has 1 aromatic heterocycles. The molecule has 0 amide bonds. The van der Waals surface area contributed by atoms with Gasteiger partial charge < -0.3 is 10.2 Å². The largest absolute Gasteiger partial charge is 0.312 e. The molecule has 0 aliphatic heterocycles. The first-order valence-corrected chi connectivity index (χ1v) is 6.92. The molecule has 0 bridgehead atoms. The molecular formula is C13H27N5. The van der Waals surface area contributed by atoms with Crippen molar-refractivity contribution in [3.05, 3.63) is 12.2 Å². The lowest BCUT2D eigenvalue weighted by atomic mass is 10.2. The van der Waals surface area contributed by atoms with Gasteiger partial charge in [0.25, 0.3) is 0 Å². The summed E-state index contributed by atoms with van der Waals surface area (Å²) in [6, 6.07) is 0.444. The Morgan fingerprint density at radius 1 is 1.33 bits per heavy atom. The predicted octanol–water partition coefficient (Wildman–Crippen LogP) is 1.16. The molecule has 0 aromatic carbocycles. The zero-order chi connectivity index (χ0) is 13.4. The molecule has 1 aromatic rings. The molecule has 0 saturated heterocycles. The summed E-state index contributed by atoms with van der Waals surface area (Å²) in [6.07, 6.45) is 4.86. The summed E-state index contributed by atoms with van der Waals surface area (Å²) >= 11 is 0. The Morgan fingerprint density at radius 3 is 2.72 bits per heavy atom. The van der Waals surface area contributed by atoms with E-state index in [1.807, 2.05) is 4.68 Å². The van der Waals surface area contributed by atoms with E-state index in [0.29, 0.717) is 6.04 Å². The smallest absolute Gasteiger partial charge is 0.138 e. The van der Waals surface area contributed by atoms with E-state index in [1.165, 1.54) is 0 Å². The summed E-state index contributed by atoms with van der Waals surface area (Å²) in [5.74, 6) is 1.09. The average Bonchev–Trinajstić information content (AvgIpc) is 2.73. The molecule has 0 aliphatic carbocycles. The SMILES string of the molecule is CCCNC(Cc1ncnn1CCC)CN(C)C. The average molecular weight is 253 g/mol. The van der Waals surface area contributed by atoms with Crippen molar-refractivity contribution < 1.29 is 0 Å². The Morgan fingerprint density at radius 2 is 2.11 bits per heavy atom. The van der Waals surface area contributed by atoms with Crippen LogP contribution in [0.2, 0.25) is 0 Å². The van der Waals surface area contributed by atoms with Crippen LogP contribution in [0.4, 0.5) is 0 Å². The fraction of sp³-hybridized carbons (Fsp3) is 0.846. The van der Waals surface area contributed by atoms with Crippen LogP contribution in [0.3, 0.4) is 0 Å². The minimum atomic E-state index is 0.444. The van der Waals surface area contributed by atoms with Crippen molar-refractivity contribution in [1.82, 2.24) is 25.0 Å². The first-order valence-electron chi connectivity index (χ1n) is 6.92. The molecule has 0 spiro atoms. The molecule has 0 aliphatic rings. The summed E-state index contributed by atoms with van der Waals surface area (Å²) in [5.41, 5.74) is 0. The third-order valence-corrected chi connectivity index (χ3v) is 2.83. The van der Waals surface area contributed by atoms with Crippen LogP contribution in [0, 0.1) is 0 Å². The molecule has 1 atom stereocenters. The highest BCUT2D eigenvalue weighted by Gasteiger charge is 2.13. The van der Waals surface area contributed by atoms with Gasteiger partial charge in [-0.1, -0.05) is 13.8 Å². The van der Waals surface area contributed by atoms with Gasteiger partial charge in [0.05, 0.1) is 0 Å². The van der Waals surface area contributed by atoms with E-state index in [4.69, 9.17) is 0 Å². The minimum Gasteiger partial charge on any atom is -0.312 e. The van der Waals surface area contributed by atoms with Gasteiger partial charge in [-0.3, -0.25) is 4.68 Å². The van der Waals surface area contributed by atoms with Crippen LogP contribution >= 0.6 is 0 Å². The second-order valence-electron chi connectivity index (χ2n) is 5.02. The van der Waals surface area contributed by atoms with Crippen LogP contribution < -0.4 is 5.32 Å². The van der Waals surface area contributed by atoms with Gasteiger partial charge in [0.2, 0.25) is 0 Å². The molecular weight excluding hydrogens is 226 g/mol. The van der Waals surface area contributed by atoms with E-state index in [9.17, 15) is 0 Å². The number of aryl methyl sites for hydroxylation is 1. The fourth-order valence-corrected chi connectivity index (χ4v) is 2.06. The van der Waals surface area contributed by atoms with Crippen LogP contribution in [0.1, 0.15) is 32.5 Å². The molecule has 18 heavy (non-hydrogen) atoms. The quantitative estimate of drug-likeness (QED) is 0.717. The molecule has 104 valence electrons. The third kappa shape index (κ3) is 5.14. The minimum absolute atomic E-state index is 0.444. The number of rotatable bonds is 9. The Hall–Kier alpha value is -0.940. The second-order valence-corrected chi connectivity index (χ2v) is 5.02. The Bertz CT molecular complexity index is 321. The number of likely N-dealkylation sites (N-methyl/N-ethyl adjacent to an activating group) is 1. The molecule has 0 saturated carbocycles. The fourth-order valence-electron chi connectivity index (χ4n) is 2.06. The maximum Gasteiger partial charge on any atom is 0.138 e. The van der Waals surface area contributed by atoms with Gasteiger partial charge in [0.1, 0.15) is 12.2 Å². The van der Waals surface area contributed by atoms with E-state index in [-0.39, 0.29) is 0 Å². The van der Waals surface area contributed by atoms with Crippen molar-refractivity contribution in [2.75, 3.05) is 27.2 Å². The Labute approximate surface area is 111 Å². The summed E-state index contributed by atoms with van der Waals surface area (Å²) in [4.78, 5) is 6.60. The highest BCUT2D eigenvalue weighted by molar-refractivity contribution is 4.90. The zero-order valence-electron chi connectivity index (χ0n) is 12.2. The van der Waals surface area contributed by atoms with Gasteiger partial charge >= 0.3 is 0 Å². The summed E-state index contributed by atoms with van der Waals surface area (Å²) in [7, 11) is 4.22. The maximum atomic E-state index is 4.38. The van der Waals surface area contributed by atoms with Crippen molar-refractivity contribution in [3.8, 4) is 0 Å². The molecule has 0 fully saturated rings. The van der Waals surface area contributed by atoms with Crippen molar-refractivity contribution in [3.63, 3.8) is 0 Å².